The lowest BCUT2D eigenvalue weighted by Crippen LogP contribution is -2.20. The summed E-state index contributed by atoms with van der Waals surface area (Å²) >= 11 is 5.89. The third-order valence-corrected chi connectivity index (χ3v) is 3.99. The van der Waals surface area contributed by atoms with Crippen LogP contribution in [0.5, 0.6) is 5.75 Å². The summed E-state index contributed by atoms with van der Waals surface area (Å²) in [6, 6.07) is 9.31. The van der Waals surface area contributed by atoms with Crippen molar-refractivity contribution in [1.29, 1.82) is 0 Å². The quantitative estimate of drug-likeness (QED) is 0.828. The number of pyridine rings is 1. The Hall–Kier alpha value is -1.83. The first-order valence-corrected chi connectivity index (χ1v) is 8.63. The Labute approximate surface area is 136 Å². The Bertz CT molecular complexity index is 779. The van der Waals surface area contributed by atoms with Crippen LogP contribution < -0.4 is 10.1 Å². The summed E-state index contributed by atoms with van der Waals surface area (Å²) in [5.41, 5.74) is 0.317. The van der Waals surface area contributed by atoms with Gasteiger partial charge >= 0.3 is 0 Å². The monoisotopic (exact) mass is 360 g/mol. The highest BCUT2D eigenvalue weighted by molar-refractivity contribution is 8.13. The minimum atomic E-state index is -3.89. The second-order valence-corrected chi connectivity index (χ2v) is 7.01. The van der Waals surface area contributed by atoms with E-state index in [-0.39, 0.29) is 11.6 Å². The van der Waals surface area contributed by atoms with Gasteiger partial charge in [-0.2, -0.15) is 0 Å². The summed E-state index contributed by atoms with van der Waals surface area (Å²) in [6.45, 7) is -0.251. The van der Waals surface area contributed by atoms with Crippen LogP contribution in [0.1, 0.15) is 0 Å². The van der Waals surface area contributed by atoms with E-state index in [1.165, 1.54) is 18.3 Å². The molecule has 6 nitrogen and oxygen atoms in total. The highest BCUT2D eigenvalue weighted by Gasteiger charge is 2.12. The van der Waals surface area contributed by atoms with Gasteiger partial charge in [0.1, 0.15) is 5.75 Å². The van der Waals surface area contributed by atoms with Gasteiger partial charge < -0.3 is 10.1 Å². The lowest BCUT2D eigenvalue weighted by Gasteiger charge is -2.08. The van der Waals surface area contributed by atoms with Gasteiger partial charge in [0.25, 0.3) is 15.0 Å². The summed E-state index contributed by atoms with van der Waals surface area (Å²) in [6.07, 6.45) is 1.18. The molecule has 1 aromatic heterocycles. The van der Waals surface area contributed by atoms with Crippen LogP contribution in [-0.4, -0.2) is 25.9 Å². The number of ether oxygens (including phenoxy) is 1. The van der Waals surface area contributed by atoms with E-state index in [0.717, 1.165) is 0 Å². The number of nitrogens with zero attached hydrogens (tertiary/aromatic N) is 1. The fourth-order valence-electron chi connectivity index (χ4n) is 1.50. The van der Waals surface area contributed by atoms with Crippen molar-refractivity contribution < 1.29 is 17.9 Å². The summed E-state index contributed by atoms with van der Waals surface area (Å²) < 4.78 is 27.3. The number of hydrogen-bond acceptors (Lipinski definition) is 5. The number of benzene rings is 1. The number of carbonyl (C=O) groups is 1. The summed E-state index contributed by atoms with van der Waals surface area (Å²) in [4.78, 5) is 15.4. The number of amides is 1. The fraction of sp³-hybridized carbons (Fsp3) is 0.0769. The lowest BCUT2D eigenvalue weighted by molar-refractivity contribution is -0.118. The van der Waals surface area contributed by atoms with Crippen LogP contribution in [0.15, 0.2) is 47.6 Å². The number of carbonyl (C=O) groups excluding carboxylic acids is 1. The van der Waals surface area contributed by atoms with Crippen LogP contribution in [-0.2, 0) is 13.8 Å². The van der Waals surface area contributed by atoms with Gasteiger partial charge in [0.05, 0.1) is 16.9 Å². The molecule has 0 atom stereocenters. The molecule has 0 fully saturated rings. The van der Waals surface area contributed by atoms with Gasteiger partial charge in [-0.1, -0.05) is 23.7 Å². The second-order valence-electron chi connectivity index (χ2n) is 4.09. The molecule has 0 radical (unpaired) electrons. The molecule has 0 spiro atoms. The van der Waals surface area contributed by atoms with E-state index < -0.39 is 15.0 Å². The number of hydrogen-bond donors (Lipinski definition) is 1. The molecular weight excluding hydrogens is 351 g/mol. The molecule has 1 amide bonds. The molecule has 0 aliphatic carbocycles. The average Bonchev–Trinajstić information content (AvgIpc) is 2.46. The molecule has 1 N–H and O–H groups in total. The smallest absolute Gasteiger partial charge is 0.278 e. The number of halogens is 2. The molecule has 1 heterocycles. The van der Waals surface area contributed by atoms with Gasteiger partial charge in [0.15, 0.2) is 11.6 Å². The maximum Gasteiger partial charge on any atom is 0.278 e. The van der Waals surface area contributed by atoms with E-state index in [4.69, 9.17) is 27.0 Å². The van der Waals surface area contributed by atoms with Crippen LogP contribution in [0.4, 0.5) is 5.69 Å². The topological polar surface area (TPSA) is 85.4 Å². The Morgan fingerprint density at radius 1 is 1.23 bits per heavy atom. The van der Waals surface area contributed by atoms with E-state index in [9.17, 15) is 13.2 Å². The maximum absolute atomic E-state index is 11.7. The first-order valence-electron chi connectivity index (χ1n) is 5.94. The van der Waals surface area contributed by atoms with Gasteiger partial charge in [0, 0.05) is 10.7 Å². The van der Waals surface area contributed by atoms with Gasteiger partial charge in [-0.15, -0.1) is 0 Å². The molecule has 0 aliphatic heterocycles. The molecule has 9 heteroatoms. The largest absolute Gasteiger partial charge is 0.482 e. The summed E-state index contributed by atoms with van der Waals surface area (Å²) in [7, 11) is 1.25. The third kappa shape index (κ3) is 4.59. The van der Waals surface area contributed by atoms with Crippen LogP contribution in [0.3, 0.4) is 0 Å². The highest BCUT2D eigenvalue weighted by Crippen LogP contribution is 2.23. The molecule has 0 saturated carbocycles. The molecule has 0 bridgehead atoms. The van der Waals surface area contributed by atoms with Crippen molar-refractivity contribution in [1.82, 2.24) is 4.98 Å². The van der Waals surface area contributed by atoms with Crippen molar-refractivity contribution in [3.8, 4) is 5.75 Å². The van der Waals surface area contributed by atoms with Crippen molar-refractivity contribution >= 4 is 42.9 Å². The van der Waals surface area contributed by atoms with E-state index in [1.807, 2.05) is 0 Å². The predicted molar refractivity (Wildman–Crippen MR) is 82.9 cm³/mol. The molecule has 0 aliphatic rings. The zero-order chi connectivity index (χ0) is 16.2. The third-order valence-electron chi connectivity index (χ3n) is 2.47. The minimum absolute atomic E-state index is 0.251. The summed E-state index contributed by atoms with van der Waals surface area (Å²) in [5.74, 6) is -0.0516. The van der Waals surface area contributed by atoms with Gasteiger partial charge in [-0.25, -0.2) is 13.4 Å². The van der Waals surface area contributed by atoms with Crippen LogP contribution in [0.2, 0.25) is 5.02 Å². The predicted octanol–water partition coefficient (Wildman–Crippen LogP) is 2.68. The Morgan fingerprint density at radius 2 is 1.95 bits per heavy atom. The first-order chi connectivity index (χ1) is 10.4. The Morgan fingerprint density at radius 3 is 2.55 bits per heavy atom. The lowest BCUT2D eigenvalue weighted by atomic mass is 10.3. The second kappa shape index (κ2) is 6.95. The number of rotatable bonds is 5. The Balaban J connectivity index is 1.94. The van der Waals surface area contributed by atoms with Crippen LogP contribution >= 0.6 is 22.3 Å². The number of para-hydroxylation sites is 1. The fourth-order valence-corrected chi connectivity index (χ4v) is 2.37. The van der Waals surface area contributed by atoms with Crippen molar-refractivity contribution in [2.45, 2.75) is 5.03 Å². The minimum Gasteiger partial charge on any atom is -0.482 e. The van der Waals surface area contributed by atoms with E-state index in [2.05, 4.69) is 10.3 Å². The SMILES string of the molecule is O=C(COc1ccccc1Cl)Nc1ccc(S(=O)(=O)Cl)nc1. The van der Waals surface area contributed by atoms with Crippen LogP contribution in [0.25, 0.3) is 0 Å². The van der Waals surface area contributed by atoms with E-state index in [1.54, 1.807) is 24.3 Å². The molecule has 116 valence electrons. The van der Waals surface area contributed by atoms with Gasteiger partial charge in [0.2, 0.25) is 0 Å². The van der Waals surface area contributed by atoms with E-state index in [0.29, 0.717) is 16.5 Å². The highest BCUT2D eigenvalue weighted by atomic mass is 35.7. The molecule has 0 saturated heterocycles. The molecule has 22 heavy (non-hydrogen) atoms. The zero-order valence-electron chi connectivity index (χ0n) is 11.0. The normalized spacial score (nSPS) is 11.0. The molecule has 2 rings (SSSR count). The Kier molecular flexibility index (Phi) is 5.23. The van der Waals surface area contributed by atoms with Gasteiger partial charge in [-0.05, 0) is 24.3 Å². The van der Waals surface area contributed by atoms with E-state index >= 15 is 0 Å². The number of nitrogens with one attached hydrogen (secondary N) is 1. The summed E-state index contributed by atoms with van der Waals surface area (Å²) in [5, 5.41) is 2.61. The van der Waals surface area contributed by atoms with Crippen molar-refractivity contribution in [3.05, 3.63) is 47.6 Å². The molecule has 2 aromatic rings. The maximum atomic E-state index is 11.7. The first kappa shape index (κ1) is 16.5. The van der Waals surface area contributed by atoms with Gasteiger partial charge in [-0.3, -0.25) is 4.79 Å². The standard InChI is InChI=1S/C13H10Cl2N2O4S/c14-10-3-1-2-4-11(10)21-8-12(18)17-9-5-6-13(16-7-9)22(15,19)20/h1-7H,8H2,(H,17,18). The molecule has 0 unspecified atom stereocenters. The average molecular weight is 361 g/mol. The van der Waals surface area contributed by atoms with Crippen molar-refractivity contribution in [2.24, 2.45) is 0 Å². The number of aromatic nitrogens is 1. The molecular formula is C13H10Cl2N2O4S. The molecule has 1 aromatic carbocycles. The number of anilines is 1. The van der Waals surface area contributed by atoms with Crippen molar-refractivity contribution in [2.75, 3.05) is 11.9 Å². The zero-order valence-corrected chi connectivity index (χ0v) is 13.3. The van der Waals surface area contributed by atoms with Crippen molar-refractivity contribution in [3.63, 3.8) is 0 Å². The van der Waals surface area contributed by atoms with Crippen LogP contribution in [0, 0.1) is 0 Å².